The van der Waals surface area contributed by atoms with Crippen LogP contribution in [0.2, 0.25) is 0 Å². The highest BCUT2D eigenvalue weighted by Crippen LogP contribution is 2.17. The molecular weight excluding hydrogens is 342 g/mol. The van der Waals surface area contributed by atoms with Crippen molar-refractivity contribution in [1.82, 2.24) is 0 Å². The predicted octanol–water partition coefficient (Wildman–Crippen LogP) is 2.50. The Bertz CT molecular complexity index is 899. The topological polar surface area (TPSA) is 89.5 Å². The van der Waals surface area contributed by atoms with Gasteiger partial charge in [-0.25, -0.2) is 13.2 Å². The van der Waals surface area contributed by atoms with Gasteiger partial charge in [0, 0.05) is 11.9 Å². The van der Waals surface area contributed by atoms with Gasteiger partial charge in [-0.15, -0.1) is 0 Å². The quantitative estimate of drug-likeness (QED) is 0.827. The molecule has 0 aliphatic heterocycles. The number of ether oxygens (including phenoxy) is 1. The van der Waals surface area contributed by atoms with Crippen molar-refractivity contribution in [1.29, 1.82) is 0 Å². The minimum Gasteiger partial charge on any atom is -0.452 e. The van der Waals surface area contributed by atoms with Crippen LogP contribution in [-0.2, 0) is 19.4 Å². The summed E-state index contributed by atoms with van der Waals surface area (Å²) in [6, 6.07) is 11.3. The summed E-state index contributed by atoms with van der Waals surface area (Å²) in [6.45, 7) is 3.31. The number of benzene rings is 2. The van der Waals surface area contributed by atoms with Crippen molar-refractivity contribution in [3.63, 3.8) is 0 Å². The Morgan fingerprint density at radius 1 is 1.04 bits per heavy atom. The lowest BCUT2D eigenvalue weighted by atomic mass is 10.1. The number of nitrogens with one attached hydrogen (secondary N) is 1. The zero-order chi connectivity index (χ0) is 18.6. The normalized spacial score (nSPS) is 11.0. The average molecular weight is 361 g/mol. The summed E-state index contributed by atoms with van der Waals surface area (Å²) in [7, 11) is -3.58. The molecule has 2 aromatic rings. The molecule has 0 spiro atoms. The first-order chi connectivity index (χ1) is 11.7. The van der Waals surface area contributed by atoms with Crippen LogP contribution in [0.1, 0.15) is 21.5 Å². The highest BCUT2D eigenvalue weighted by Gasteiger charge is 2.20. The van der Waals surface area contributed by atoms with Crippen molar-refractivity contribution in [3.8, 4) is 0 Å². The number of hydrogen-bond donors (Lipinski definition) is 1. The summed E-state index contributed by atoms with van der Waals surface area (Å²) in [5, 5.41) is 2.64. The number of anilines is 1. The minimum atomic E-state index is -3.58. The van der Waals surface area contributed by atoms with Crippen LogP contribution in [0.15, 0.2) is 47.4 Å². The Labute approximate surface area is 146 Å². The second kappa shape index (κ2) is 7.48. The van der Waals surface area contributed by atoms with Crippen molar-refractivity contribution in [2.24, 2.45) is 0 Å². The highest BCUT2D eigenvalue weighted by atomic mass is 32.2. The Kier molecular flexibility index (Phi) is 5.58. The molecule has 0 heterocycles. The standard InChI is InChI=1S/C18H19NO5S/c1-12-8-13(2)10-14(9-12)19-17(20)11-24-18(21)15-6-4-5-7-16(15)25(3,22)23/h4-10H,11H2,1-3H3,(H,19,20). The zero-order valence-electron chi connectivity index (χ0n) is 14.2. The molecule has 0 bridgehead atoms. The molecule has 0 aliphatic carbocycles. The smallest absolute Gasteiger partial charge is 0.339 e. The molecule has 7 heteroatoms. The second-order valence-electron chi connectivity index (χ2n) is 5.77. The van der Waals surface area contributed by atoms with E-state index in [9.17, 15) is 18.0 Å². The van der Waals surface area contributed by atoms with Gasteiger partial charge in [0.15, 0.2) is 16.4 Å². The fourth-order valence-corrected chi connectivity index (χ4v) is 3.29. The van der Waals surface area contributed by atoms with Gasteiger partial charge in [-0.05, 0) is 49.2 Å². The van der Waals surface area contributed by atoms with E-state index < -0.39 is 28.3 Å². The molecule has 0 fully saturated rings. The Morgan fingerprint density at radius 2 is 1.64 bits per heavy atom. The molecule has 0 radical (unpaired) electrons. The maximum absolute atomic E-state index is 12.1. The molecular formula is C18H19NO5S. The van der Waals surface area contributed by atoms with Gasteiger partial charge in [-0.1, -0.05) is 18.2 Å². The highest BCUT2D eigenvalue weighted by molar-refractivity contribution is 7.90. The molecule has 25 heavy (non-hydrogen) atoms. The lowest BCUT2D eigenvalue weighted by Gasteiger charge is -2.10. The predicted molar refractivity (Wildman–Crippen MR) is 94.4 cm³/mol. The van der Waals surface area contributed by atoms with Crippen LogP contribution < -0.4 is 5.32 Å². The first kappa shape index (κ1) is 18.7. The van der Waals surface area contributed by atoms with E-state index in [1.54, 1.807) is 12.1 Å². The van der Waals surface area contributed by atoms with Gasteiger partial charge in [0.05, 0.1) is 10.5 Å². The summed E-state index contributed by atoms with van der Waals surface area (Å²) >= 11 is 0. The van der Waals surface area contributed by atoms with Crippen LogP contribution >= 0.6 is 0 Å². The molecule has 0 aromatic heterocycles. The SMILES string of the molecule is Cc1cc(C)cc(NC(=O)COC(=O)c2ccccc2S(C)(=O)=O)c1. The largest absolute Gasteiger partial charge is 0.452 e. The number of sulfone groups is 1. The van der Waals surface area contributed by atoms with Crippen LogP contribution in [0.5, 0.6) is 0 Å². The van der Waals surface area contributed by atoms with E-state index in [0.29, 0.717) is 5.69 Å². The number of carbonyl (C=O) groups excluding carboxylic acids is 2. The fourth-order valence-electron chi connectivity index (χ4n) is 2.41. The first-order valence-corrected chi connectivity index (χ1v) is 9.40. The number of rotatable bonds is 5. The average Bonchev–Trinajstić information content (AvgIpc) is 2.50. The van der Waals surface area contributed by atoms with Crippen LogP contribution in [0.4, 0.5) is 5.69 Å². The van der Waals surface area contributed by atoms with Crippen LogP contribution in [-0.4, -0.2) is 33.2 Å². The van der Waals surface area contributed by atoms with E-state index >= 15 is 0 Å². The van der Waals surface area contributed by atoms with Gasteiger partial charge in [0.25, 0.3) is 5.91 Å². The molecule has 0 aliphatic rings. The molecule has 0 saturated carbocycles. The summed E-state index contributed by atoms with van der Waals surface area (Å²) in [5.74, 6) is -1.37. The number of esters is 1. The van der Waals surface area contributed by atoms with E-state index in [1.165, 1.54) is 24.3 Å². The fraction of sp³-hybridized carbons (Fsp3) is 0.222. The number of hydrogen-bond acceptors (Lipinski definition) is 5. The number of amides is 1. The van der Waals surface area contributed by atoms with Gasteiger partial charge in [0.2, 0.25) is 0 Å². The van der Waals surface area contributed by atoms with E-state index in [2.05, 4.69) is 5.32 Å². The minimum absolute atomic E-state index is 0.0933. The molecule has 6 nitrogen and oxygen atoms in total. The molecule has 0 atom stereocenters. The Hall–Kier alpha value is -2.67. The lowest BCUT2D eigenvalue weighted by molar-refractivity contribution is -0.119. The second-order valence-corrected chi connectivity index (χ2v) is 7.75. The molecule has 0 unspecified atom stereocenters. The van der Waals surface area contributed by atoms with E-state index in [1.807, 2.05) is 19.9 Å². The van der Waals surface area contributed by atoms with E-state index in [0.717, 1.165) is 17.4 Å². The van der Waals surface area contributed by atoms with Gasteiger partial charge in [-0.2, -0.15) is 0 Å². The first-order valence-electron chi connectivity index (χ1n) is 7.51. The third kappa shape index (κ3) is 5.15. The molecule has 2 aromatic carbocycles. The monoisotopic (exact) mass is 361 g/mol. The van der Waals surface area contributed by atoms with Gasteiger partial charge in [-0.3, -0.25) is 4.79 Å². The molecule has 1 amide bonds. The summed E-state index contributed by atoms with van der Waals surface area (Å²) in [4.78, 5) is 23.9. The van der Waals surface area contributed by atoms with Crippen molar-refractivity contribution in [3.05, 3.63) is 59.2 Å². The Balaban J connectivity index is 2.04. The Morgan fingerprint density at radius 3 is 2.24 bits per heavy atom. The number of aryl methyl sites for hydroxylation is 2. The summed E-state index contributed by atoms with van der Waals surface area (Å²) in [5.41, 5.74) is 2.50. The van der Waals surface area contributed by atoms with Crippen LogP contribution in [0.25, 0.3) is 0 Å². The van der Waals surface area contributed by atoms with Crippen molar-refractivity contribution >= 4 is 27.4 Å². The van der Waals surface area contributed by atoms with Gasteiger partial charge < -0.3 is 10.1 Å². The number of carbonyl (C=O) groups is 2. The van der Waals surface area contributed by atoms with Crippen molar-refractivity contribution in [2.45, 2.75) is 18.7 Å². The lowest BCUT2D eigenvalue weighted by Crippen LogP contribution is -2.21. The molecule has 0 saturated heterocycles. The zero-order valence-corrected chi connectivity index (χ0v) is 15.0. The van der Waals surface area contributed by atoms with Gasteiger partial charge in [0.1, 0.15) is 0 Å². The maximum atomic E-state index is 12.1. The summed E-state index contributed by atoms with van der Waals surface area (Å²) < 4.78 is 28.4. The van der Waals surface area contributed by atoms with Crippen molar-refractivity contribution < 1.29 is 22.7 Å². The third-order valence-corrected chi connectivity index (χ3v) is 4.50. The van der Waals surface area contributed by atoms with Crippen LogP contribution in [0, 0.1) is 13.8 Å². The molecule has 132 valence electrons. The summed E-state index contributed by atoms with van der Waals surface area (Å²) in [6.07, 6.45) is 1.01. The third-order valence-electron chi connectivity index (χ3n) is 3.35. The maximum Gasteiger partial charge on any atom is 0.339 e. The van der Waals surface area contributed by atoms with Gasteiger partial charge >= 0.3 is 5.97 Å². The van der Waals surface area contributed by atoms with Crippen molar-refractivity contribution in [2.75, 3.05) is 18.2 Å². The van der Waals surface area contributed by atoms with E-state index in [4.69, 9.17) is 4.74 Å². The molecule has 1 N–H and O–H groups in total. The molecule has 2 rings (SSSR count). The van der Waals surface area contributed by atoms with E-state index in [-0.39, 0.29) is 10.5 Å². The van der Waals surface area contributed by atoms with Crippen LogP contribution in [0.3, 0.4) is 0 Å².